The lowest BCUT2D eigenvalue weighted by Gasteiger charge is -2.40. The summed E-state index contributed by atoms with van der Waals surface area (Å²) < 4.78 is 11.3. The number of carbonyl (C=O) groups excluding carboxylic acids is 1. The molecule has 1 amide bonds. The van der Waals surface area contributed by atoms with Gasteiger partial charge in [0.05, 0.1) is 25.4 Å². The van der Waals surface area contributed by atoms with E-state index in [0.717, 1.165) is 38.5 Å². The van der Waals surface area contributed by atoms with Crippen molar-refractivity contribution >= 4 is 5.91 Å². The summed E-state index contributed by atoms with van der Waals surface area (Å²) in [5.74, 6) is -0.167. The predicted octanol–water partition coefficient (Wildman–Crippen LogP) is 17.9. The van der Waals surface area contributed by atoms with Crippen molar-refractivity contribution in [3.05, 3.63) is 12.2 Å². The van der Waals surface area contributed by atoms with Gasteiger partial charge in [-0.2, -0.15) is 0 Å². The number of aliphatic hydroxyl groups excluding tert-OH is 5. The van der Waals surface area contributed by atoms with E-state index in [4.69, 9.17) is 9.47 Å². The monoisotopic (exact) mass is 1080 g/mol. The first-order chi connectivity index (χ1) is 37.3. The predicted molar refractivity (Wildman–Crippen MR) is 323 cm³/mol. The SMILES string of the molecule is CCCCCCCCCCCCCCCCCCCCCCC/C=C/C(O)C(COC1OC(CO)C(O)C(O)C1O)NC(=O)CCCCCCCCCCCCCCCCCCCCCCCCCCCCCCCC. The average Bonchev–Trinajstić information content (AvgIpc) is 3.42. The number of rotatable bonds is 60. The number of unbranched alkanes of at least 4 members (excludes halogenated alkanes) is 50. The first kappa shape index (κ1) is 72.9. The molecule has 1 aliphatic rings. The van der Waals surface area contributed by atoms with Crippen LogP contribution in [0.4, 0.5) is 0 Å². The Bertz CT molecular complexity index is 1200. The zero-order valence-corrected chi connectivity index (χ0v) is 50.5. The van der Waals surface area contributed by atoms with Gasteiger partial charge in [-0.05, 0) is 19.3 Å². The number of amides is 1. The Morgan fingerprint density at radius 3 is 1.03 bits per heavy atom. The molecule has 0 aromatic heterocycles. The van der Waals surface area contributed by atoms with Crippen molar-refractivity contribution in [2.75, 3.05) is 13.2 Å². The van der Waals surface area contributed by atoms with Crippen LogP contribution in [0.2, 0.25) is 0 Å². The molecule has 76 heavy (non-hydrogen) atoms. The lowest BCUT2D eigenvalue weighted by molar-refractivity contribution is -0.302. The van der Waals surface area contributed by atoms with Crippen molar-refractivity contribution in [2.24, 2.45) is 0 Å². The van der Waals surface area contributed by atoms with E-state index < -0.39 is 49.5 Å². The van der Waals surface area contributed by atoms with Gasteiger partial charge in [-0.15, -0.1) is 0 Å². The van der Waals surface area contributed by atoms with Gasteiger partial charge in [-0.25, -0.2) is 0 Å². The van der Waals surface area contributed by atoms with Crippen LogP contribution in [-0.4, -0.2) is 87.5 Å². The molecule has 0 aromatic rings. The second-order valence-electron chi connectivity index (χ2n) is 24.0. The Morgan fingerprint density at radius 2 is 0.724 bits per heavy atom. The average molecular weight is 1080 g/mol. The van der Waals surface area contributed by atoms with Crippen LogP contribution in [0.3, 0.4) is 0 Å². The molecule has 0 aliphatic carbocycles. The molecule has 7 atom stereocenters. The van der Waals surface area contributed by atoms with Crippen LogP contribution in [-0.2, 0) is 14.3 Å². The number of hydrogen-bond donors (Lipinski definition) is 6. The summed E-state index contributed by atoms with van der Waals surface area (Å²) in [6.07, 6.45) is 66.0. The van der Waals surface area contributed by atoms with Crippen molar-refractivity contribution in [2.45, 2.75) is 397 Å². The highest BCUT2D eigenvalue weighted by atomic mass is 16.7. The summed E-state index contributed by atoms with van der Waals surface area (Å²) in [5.41, 5.74) is 0. The third-order valence-electron chi connectivity index (χ3n) is 16.6. The van der Waals surface area contributed by atoms with E-state index in [-0.39, 0.29) is 12.5 Å². The first-order valence-electron chi connectivity index (χ1n) is 33.9. The number of hydrogen-bond acceptors (Lipinski definition) is 8. The Morgan fingerprint density at radius 1 is 0.434 bits per heavy atom. The van der Waals surface area contributed by atoms with Gasteiger partial charge in [0.25, 0.3) is 0 Å². The van der Waals surface area contributed by atoms with Crippen LogP contribution in [0.15, 0.2) is 12.2 Å². The fourth-order valence-corrected chi connectivity index (χ4v) is 11.3. The molecule has 7 unspecified atom stereocenters. The van der Waals surface area contributed by atoms with Crippen molar-refractivity contribution in [3.63, 3.8) is 0 Å². The number of ether oxygens (including phenoxy) is 2. The second kappa shape index (κ2) is 57.2. The zero-order valence-electron chi connectivity index (χ0n) is 50.5. The molecular weight excluding hydrogens is 947 g/mol. The van der Waals surface area contributed by atoms with Gasteiger partial charge in [-0.3, -0.25) is 4.79 Å². The zero-order chi connectivity index (χ0) is 55.0. The molecule has 0 bridgehead atoms. The van der Waals surface area contributed by atoms with Crippen LogP contribution in [0.25, 0.3) is 0 Å². The van der Waals surface area contributed by atoms with Gasteiger partial charge >= 0.3 is 0 Å². The summed E-state index contributed by atoms with van der Waals surface area (Å²) >= 11 is 0. The minimum absolute atomic E-state index is 0.167. The molecule has 1 rings (SSSR count). The summed E-state index contributed by atoms with van der Waals surface area (Å²) in [7, 11) is 0. The molecule has 6 N–H and O–H groups in total. The third-order valence-corrected chi connectivity index (χ3v) is 16.6. The lowest BCUT2D eigenvalue weighted by atomic mass is 9.99. The topological polar surface area (TPSA) is 149 Å². The van der Waals surface area contributed by atoms with Crippen LogP contribution in [0.1, 0.15) is 354 Å². The molecular formula is C67H131NO8. The van der Waals surface area contributed by atoms with Crippen LogP contribution in [0, 0.1) is 0 Å². The maximum Gasteiger partial charge on any atom is 0.220 e. The fraction of sp³-hybridized carbons (Fsp3) is 0.955. The van der Waals surface area contributed by atoms with E-state index in [1.54, 1.807) is 6.08 Å². The normalized spacial score (nSPS) is 18.8. The highest BCUT2D eigenvalue weighted by Gasteiger charge is 2.44. The maximum absolute atomic E-state index is 13.1. The first-order valence-corrected chi connectivity index (χ1v) is 33.9. The number of allylic oxidation sites excluding steroid dienone is 1. The largest absolute Gasteiger partial charge is 0.394 e. The standard InChI is InChI=1S/C67H131NO8/c1-3-5-7-9-11-13-15-17-19-21-23-25-27-28-29-30-31-32-33-35-37-39-41-43-45-47-49-51-53-55-57-63(71)68-60(59-75-67-66(74)65(73)64(72)62(58-69)76-67)61(70)56-54-52-50-48-46-44-42-40-38-36-34-26-24-22-20-18-16-14-12-10-8-6-4-2/h54,56,60-62,64-67,69-70,72-74H,3-53,55,57-59H2,1-2H3,(H,68,71)/b56-54+. The molecule has 1 aliphatic heterocycles. The highest BCUT2D eigenvalue weighted by molar-refractivity contribution is 5.76. The molecule has 0 radical (unpaired) electrons. The van der Waals surface area contributed by atoms with Crippen LogP contribution >= 0.6 is 0 Å². The number of nitrogens with one attached hydrogen (secondary N) is 1. The lowest BCUT2D eigenvalue weighted by Crippen LogP contribution is -2.60. The van der Waals surface area contributed by atoms with Crippen LogP contribution in [0.5, 0.6) is 0 Å². The van der Waals surface area contributed by atoms with Gasteiger partial charge < -0.3 is 40.3 Å². The van der Waals surface area contributed by atoms with Crippen molar-refractivity contribution < 1.29 is 39.8 Å². The van der Waals surface area contributed by atoms with Gasteiger partial charge in [0, 0.05) is 6.42 Å². The Hall–Kier alpha value is -1.07. The van der Waals surface area contributed by atoms with E-state index >= 15 is 0 Å². The molecule has 9 nitrogen and oxygen atoms in total. The number of carbonyl (C=O) groups is 1. The van der Waals surface area contributed by atoms with E-state index in [1.165, 1.54) is 295 Å². The van der Waals surface area contributed by atoms with Crippen molar-refractivity contribution in [1.82, 2.24) is 5.32 Å². The fourth-order valence-electron chi connectivity index (χ4n) is 11.3. The third kappa shape index (κ3) is 45.6. The quantitative estimate of drug-likeness (QED) is 0.0261. The van der Waals surface area contributed by atoms with Gasteiger partial charge in [-0.1, -0.05) is 341 Å². The van der Waals surface area contributed by atoms with Crippen molar-refractivity contribution in [1.29, 1.82) is 0 Å². The molecule has 452 valence electrons. The summed E-state index contributed by atoms with van der Waals surface area (Å²) in [5, 5.41) is 54.7. The van der Waals surface area contributed by atoms with Crippen molar-refractivity contribution in [3.8, 4) is 0 Å². The summed E-state index contributed by atoms with van der Waals surface area (Å²) in [4.78, 5) is 13.1. The van der Waals surface area contributed by atoms with Gasteiger partial charge in [0.1, 0.15) is 24.4 Å². The minimum Gasteiger partial charge on any atom is -0.394 e. The molecule has 0 spiro atoms. The van der Waals surface area contributed by atoms with Crippen LogP contribution < -0.4 is 5.32 Å². The summed E-state index contributed by atoms with van der Waals surface area (Å²) in [6.45, 7) is 3.84. The minimum atomic E-state index is -1.56. The Labute approximate surface area is 471 Å². The Kier molecular flexibility index (Phi) is 54.9. The van der Waals surface area contributed by atoms with Gasteiger partial charge in [0.2, 0.25) is 5.91 Å². The summed E-state index contributed by atoms with van der Waals surface area (Å²) in [6, 6.07) is -0.802. The Balaban J connectivity index is 2.12. The second-order valence-corrected chi connectivity index (χ2v) is 24.0. The molecule has 0 saturated carbocycles. The van der Waals surface area contributed by atoms with Gasteiger partial charge in [0.15, 0.2) is 6.29 Å². The molecule has 0 aromatic carbocycles. The van der Waals surface area contributed by atoms with E-state index in [0.29, 0.717) is 6.42 Å². The smallest absolute Gasteiger partial charge is 0.220 e. The van der Waals surface area contributed by atoms with E-state index in [9.17, 15) is 30.3 Å². The molecule has 1 heterocycles. The highest BCUT2D eigenvalue weighted by Crippen LogP contribution is 2.23. The van der Waals surface area contributed by atoms with E-state index in [2.05, 4.69) is 19.2 Å². The molecule has 1 saturated heterocycles. The number of aliphatic hydroxyl groups is 5. The molecule has 1 fully saturated rings. The molecule has 9 heteroatoms. The van der Waals surface area contributed by atoms with E-state index in [1.807, 2.05) is 6.08 Å². The maximum atomic E-state index is 13.1.